The van der Waals surface area contributed by atoms with Gasteiger partial charge in [-0.3, -0.25) is 4.79 Å². The van der Waals surface area contributed by atoms with Crippen LogP contribution in [0.25, 0.3) is 10.9 Å². The number of para-hydroxylation sites is 1. The smallest absolute Gasteiger partial charge is 0.303 e. The Labute approximate surface area is 98.3 Å². The van der Waals surface area contributed by atoms with E-state index in [0.29, 0.717) is 11.6 Å². The highest BCUT2D eigenvalue weighted by Crippen LogP contribution is 2.29. The van der Waals surface area contributed by atoms with Crippen LogP contribution in [0.4, 0.5) is 0 Å². The Hall–Kier alpha value is -1.48. The summed E-state index contributed by atoms with van der Waals surface area (Å²) in [4.78, 5) is 10.6. The molecule has 0 radical (unpaired) electrons. The van der Waals surface area contributed by atoms with E-state index in [0.717, 1.165) is 16.5 Å². The Morgan fingerprint density at radius 1 is 1.44 bits per heavy atom. The molecule has 0 atom stereocenters. The fraction of sp³-hybridized carbons (Fsp3) is 0.250. The van der Waals surface area contributed by atoms with E-state index in [1.807, 2.05) is 35.9 Å². The van der Waals surface area contributed by atoms with Crippen molar-refractivity contribution >= 4 is 28.5 Å². The van der Waals surface area contributed by atoms with Gasteiger partial charge in [0.25, 0.3) is 0 Å². The van der Waals surface area contributed by atoms with Crippen LogP contribution in [0.2, 0.25) is 5.15 Å². The summed E-state index contributed by atoms with van der Waals surface area (Å²) in [7, 11) is 1.88. The van der Waals surface area contributed by atoms with Gasteiger partial charge < -0.3 is 9.67 Å². The van der Waals surface area contributed by atoms with Crippen molar-refractivity contribution in [2.75, 3.05) is 0 Å². The van der Waals surface area contributed by atoms with E-state index in [4.69, 9.17) is 16.7 Å². The third kappa shape index (κ3) is 1.78. The van der Waals surface area contributed by atoms with Gasteiger partial charge in [0.1, 0.15) is 5.15 Å². The van der Waals surface area contributed by atoms with E-state index in [-0.39, 0.29) is 6.42 Å². The minimum Gasteiger partial charge on any atom is -0.481 e. The first-order valence-corrected chi connectivity index (χ1v) is 5.42. The first kappa shape index (κ1) is 11.0. The molecule has 1 heterocycles. The number of carbonyl (C=O) groups is 1. The Bertz CT molecular complexity index is 545. The zero-order valence-corrected chi connectivity index (χ0v) is 9.66. The summed E-state index contributed by atoms with van der Waals surface area (Å²) in [5, 5.41) is 10.4. The molecule has 3 nitrogen and oxygen atoms in total. The van der Waals surface area contributed by atoms with Crippen LogP contribution in [0, 0.1) is 0 Å². The molecule has 2 aromatic rings. The molecule has 0 bridgehead atoms. The van der Waals surface area contributed by atoms with Crippen molar-refractivity contribution in [1.82, 2.24) is 4.57 Å². The van der Waals surface area contributed by atoms with Crippen LogP contribution in [0.5, 0.6) is 0 Å². The summed E-state index contributed by atoms with van der Waals surface area (Å²) in [6.07, 6.45) is 0.573. The summed E-state index contributed by atoms with van der Waals surface area (Å²) < 4.78 is 1.88. The van der Waals surface area contributed by atoms with E-state index in [9.17, 15) is 4.79 Å². The molecule has 0 fully saturated rings. The number of aromatic nitrogens is 1. The maximum atomic E-state index is 10.6. The molecule has 0 unspecified atom stereocenters. The van der Waals surface area contributed by atoms with Crippen molar-refractivity contribution in [2.24, 2.45) is 7.05 Å². The Morgan fingerprint density at radius 3 is 2.81 bits per heavy atom. The number of benzene rings is 1. The first-order chi connectivity index (χ1) is 7.61. The average Bonchev–Trinajstić information content (AvgIpc) is 2.50. The fourth-order valence-corrected chi connectivity index (χ4v) is 2.20. The number of nitrogens with zero attached hydrogens (tertiary/aromatic N) is 1. The van der Waals surface area contributed by atoms with Crippen LogP contribution < -0.4 is 0 Å². The molecule has 0 aliphatic rings. The van der Waals surface area contributed by atoms with E-state index in [1.165, 1.54) is 0 Å². The van der Waals surface area contributed by atoms with Crippen molar-refractivity contribution < 1.29 is 9.90 Å². The molecule has 0 aliphatic heterocycles. The number of hydrogen-bond acceptors (Lipinski definition) is 1. The second-order valence-electron chi connectivity index (χ2n) is 3.74. The molecule has 1 N–H and O–H groups in total. The molecular formula is C12H12ClNO2. The highest BCUT2D eigenvalue weighted by atomic mass is 35.5. The number of carboxylic acid groups (broad SMARTS) is 1. The van der Waals surface area contributed by atoms with Gasteiger partial charge in [0, 0.05) is 24.4 Å². The van der Waals surface area contributed by atoms with Crippen molar-refractivity contribution in [3.63, 3.8) is 0 Å². The lowest BCUT2D eigenvalue weighted by molar-refractivity contribution is -0.136. The molecule has 2 rings (SSSR count). The summed E-state index contributed by atoms with van der Waals surface area (Å²) in [5.74, 6) is -0.802. The van der Waals surface area contributed by atoms with Crippen molar-refractivity contribution in [2.45, 2.75) is 12.8 Å². The van der Waals surface area contributed by atoms with Gasteiger partial charge in [0.05, 0.1) is 0 Å². The maximum absolute atomic E-state index is 10.6. The topological polar surface area (TPSA) is 42.2 Å². The molecule has 4 heteroatoms. The zero-order valence-electron chi connectivity index (χ0n) is 8.90. The van der Waals surface area contributed by atoms with Crippen LogP contribution in [-0.4, -0.2) is 15.6 Å². The molecule has 0 saturated heterocycles. The van der Waals surface area contributed by atoms with Crippen LogP contribution in [0.3, 0.4) is 0 Å². The molecule has 0 spiro atoms. The number of carboxylic acids is 1. The van der Waals surface area contributed by atoms with Gasteiger partial charge in [-0.1, -0.05) is 29.8 Å². The quantitative estimate of drug-likeness (QED) is 0.892. The number of halogens is 1. The van der Waals surface area contributed by atoms with Crippen LogP contribution in [0.1, 0.15) is 12.0 Å². The summed E-state index contributed by atoms with van der Waals surface area (Å²) in [6.45, 7) is 0. The fourth-order valence-electron chi connectivity index (χ4n) is 1.91. The third-order valence-corrected chi connectivity index (χ3v) is 3.20. The largest absolute Gasteiger partial charge is 0.481 e. The highest BCUT2D eigenvalue weighted by molar-refractivity contribution is 6.32. The lowest BCUT2D eigenvalue weighted by Gasteiger charge is -1.97. The molecule has 1 aromatic carbocycles. The lowest BCUT2D eigenvalue weighted by Crippen LogP contribution is -1.97. The number of fused-ring (bicyclic) bond motifs is 1. The minimum atomic E-state index is -0.802. The Balaban J connectivity index is 2.51. The highest BCUT2D eigenvalue weighted by Gasteiger charge is 2.13. The van der Waals surface area contributed by atoms with E-state index >= 15 is 0 Å². The summed E-state index contributed by atoms with van der Waals surface area (Å²) >= 11 is 6.19. The summed E-state index contributed by atoms with van der Waals surface area (Å²) in [6, 6.07) is 7.83. The molecule has 16 heavy (non-hydrogen) atoms. The van der Waals surface area contributed by atoms with Crippen molar-refractivity contribution in [3.8, 4) is 0 Å². The normalized spacial score (nSPS) is 10.9. The first-order valence-electron chi connectivity index (χ1n) is 5.05. The number of rotatable bonds is 3. The molecule has 0 amide bonds. The number of aryl methyl sites for hydroxylation is 2. The number of hydrogen-bond donors (Lipinski definition) is 1. The Morgan fingerprint density at radius 2 is 2.12 bits per heavy atom. The van der Waals surface area contributed by atoms with Gasteiger partial charge in [0.15, 0.2) is 0 Å². The van der Waals surface area contributed by atoms with Crippen LogP contribution >= 0.6 is 11.6 Å². The molecule has 0 saturated carbocycles. The summed E-state index contributed by atoms with van der Waals surface area (Å²) in [5.41, 5.74) is 1.95. The predicted molar refractivity (Wildman–Crippen MR) is 63.9 cm³/mol. The van der Waals surface area contributed by atoms with Gasteiger partial charge >= 0.3 is 5.97 Å². The predicted octanol–water partition coefficient (Wildman–Crippen LogP) is 2.85. The van der Waals surface area contributed by atoms with E-state index in [2.05, 4.69) is 0 Å². The standard InChI is InChI=1S/C12H12ClNO2/c1-14-10-5-3-2-4-8(10)9(12(14)13)6-7-11(15)16/h2-5H,6-7H2,1H3,(H,15,16). The third-order valence-electron chi connectivity index (χ3n) is 2.72. The molecule has 1 aromatic heterocycles. The van der Waals surface area contributed by atoms with Crippen molar-refractivity contribution in [1.29, 1.82) is 0 Å². The van der Waals surface area contributed by atoms with Crippen LogP contribution in [-0.2, 0) is 18.3 Å². The average molecular weight is 238 g/mol. The Kier molecular flexibility index (Phi) is 2.88. The lowest BCUT2D eigenvalue weighted by atomic mass is 10.1. The molecular weight excluding hydrogens is 226 g/mol. The van der Waals surface area contributed by atoms with Crippen molar-refractivity contribution in [3.05, 3.63) is 35.0 Å². The second-order valence-corrected chi connectivity index (χ2v) is 4.10. The number of aliphatic carboxylic acids is 1. The van der Waals surface area contributed by atoms with Gasteiger partial charge in [-0.25, -0.2) is 0 Å². The molecule has 84 valence electrons. The second kappa shape index (κ2) is 4.18. The molecule has 0 aliphatic carbocycles. The van der Waals surface area contributed by atoms with E-state index in [1.54, 1.807) is 0 Å². The van der Waals surface area contributed by atoms with E-state index < -0.39 is 5.97 Å². The van der Waals surface area contributed by atoms with Gasteiger partial charge in [-0.15, -0.1) is 0 Å². The van der Waals surface area contributed by atoms with Gasteiger partial charge in [-0.05, 0) is 18.1 Å². The maximum Gasteiger partial charge on any atom is 0.303 e. The monoisotopic (exact) mass is 237 g/mol. The van der Waals surface area contributed by atoms with Crippen LogP contribution in [0.15, 0.2) is 24.3 Å². The van der Waals surface area contributed by atoms with Gasteiger partial charge in [-0.2, -0.15) is 0 Å². The minimum absolute atomic E-state index is 0.105. The SMILES string of the molecule is Cn1c(Cl)c(CCC(=O)O)c2ccccc21. The zero-order chi connectivity index (χ0) is 11.7. The van der Waals surface area contributed by atoms with Gasteiger partial charge in [0.2, 0.25) is 0 Å².